The van der Waals surface area contributed by atoms with Gasteiger partial charge in [-0.2, -0.15) is 0 Å². The number of aliphatic hydroxyl groups excluding tert-OH is 1. The van der Waals surface area contributed by atoms with Crippen molar-refractivity contribution in [3.63, 3.8) is 0 Å². The summed E-state index contributed by atoms with van der Waals surface area (Å²) in [6, 6.07) is 3.92. The first kappa shape index (κ1) is 21.2. The zero-order valence-electron chi connectivity index (χ0n) is 15.1. The molecule has 28 heavy (non-hydrogen) atoms. The van der Waals surface area contributed by atoms with Crippen molar-refractivity contribution in [1.29, 1.82) is 0 Å². The van der Waals surface area contributed by atoms with Crippen LogP contribution in [0.3, 0.4) is 0 Å². The number of benzene rings is 1. The van der Waals surface area contributed by atoms with Crippen LogP contribution in [-0.2, 0) is 33.3 Å². The van der Waals surface area contributed by atoms with Gasteiger partial charge in [0.2, 0.25) is 12.4 Å². The number of carbonyl (C=O) groups is 3. The summed E-state index contributed by atoms with van der Waals surface area (Å²) >= 11 is 0. The lowest BCUT2D eigenvalue weighted by molar-refractivity contribution is -0.270. The van der Waals surface area contributed by atoms with Crippen molar-refractivity contribution in [1.82, 2.24) is 0 Å². The van der Waals surface area contributed by atoms with Crippen molar-refractivity contribution in [2.45, 2.75) is 38.4 Å². The van der Waals surface area contributed by atoms with Crippen LogP contribution in [0.5, 0.6) is 11.5 Å². The summed E-state index contributed by atoms with van der Waals surface area (Å²) in [6.45, 7) is 1.90. The highest BCUT2D eigenvalue weighted by Gasteiger charge is 2.46. The van der Waals surface area contributed by atoms with Gasteiger partial charge in [0.25, 0.3) is 0 Å². The molecule has 10 nitrogen and oxygen atoms in total. The van der Waals surface area contributed by atoms with Crippen LogP contribution in [0.15, 0.2) is 24.3 Å². The number of phenolic OH excluding ortho intramolecular Hbond substituents is 2. The number of hydrogen-bond donors (Lipinski definition) is 3. The molecule has 152 valence electrons. The zero-order chi connectivity index (χ0) is 20.8. The highest BCUT2D eigenvalue weighted by molar-refractivity contribution is 5.87. The molecular weight excluding hydrogens is 376 g/mol. The summed E-state index contributed by atoms with van der Waals surface area (Å²) in [5.41, 5.74) is 0.404. The molecule has 0 unspecified atom stereocenters. The van der Waals surface area contributed by atoms with Crippen LogP contribution in [0.4, 0.5) is 0 Å². The van der Waals surface area contributed by atoms with Crippen molar-refractivity contribution in [3.05, 3.63) is 29.8 Å². The molecule has 0 bridgehead atoms. The van der Waals surface area contributed by atoms with Crippen LogP contribution < -0.4 is 0 Å². The predicted molar refractivity (Wildman–Crippen MR) is 91.8 cm³/mol. The molecule has 1 aliphatic heterocycles. The molecule has 4 atom stereocenters. The fourth-order valence-electron chi connectivity index (χ4n) is 2.47. The van der Waals surface area contributed by atoms with Crippen molar-refractivity contribution in [3.8, 4) is 11.5 Å². The van der Waals surface area contributed by atoms with Crippen molar-refractivity contribution in [2.75, 3.05) is 6.61 Å². The van der Waals surface area contributed by atoms with Gasteiger partial charge < -0.3 is 34.3 Å². The van der Waals surface area contributed by atoms with Gasteiger partial charge in [0.1, 0.15) is 6.10 Å². The second kappa shape index (κ2) is 9.20. The van der Waals surface area contributed by atoms with Crippen LogP contribution >= 0.6 is 0 Å². The largest absolute Gasteiger partial charge is 0.504 e. The molecule has 1 heterocycles. The molecule has 0 spiro atoms. The van der Waals surface area contributed by atoms with E-state index < -0.39 is 42.5 Å². The maximum atomic E-state index is 12.1. The van der Waals surface area contributed by atoms with Gasteiger partial charge in [-0.15, -0.1) is 0 Å². The summed E-state index contributed by atoms with van der Waals surface area (Å²) in [7, 11) is 0. The third-order valence-corrected chi connectivity index (χ3v) is 3.65. The first-order chi connectivity index (χ1) is 13.2. The molecule has 10 heteroatoms. The average Bonchev–Trinajstić information content (AvgIpc) is 2.61. The van der Waals surface area contributed by atoms with E-state index in [9.17, 15) is 29.7 Å². The van der Waals surface area contributed by atoms with Crippen molar-refractivity contribution in [2.24, 2.45) is 0 Å². The third kappa shape index (κ3) is 5.69. The second-order valence-electron chi connectivity index (χ2n) is 5.94. The van der Waals surface area contributed by atoms with E-state index in [1.807, 2.05) is 0 Å². The van der Waals surface area contributed by atoms with E-state index in [1.165, 1.54) is 24.3 Å². The Kier molecular flexibility index (Phi) is 6.96. The molecule has 2 rings (SSSR count). The predicted octanol–water partition coefficient (Wildman–Crippen LogP) is 0.235. The minimum Gasteiger partial charge on any atom is -0.504 e. The van der Waals surface area contributed by atoms with Gasteiger partial charge in [-0.05, 0) is 23.8 Å². The lowest BCUT2D eigenvalue weighted by Crippen LogP contribution is -2.57. The summed E-state index contributed by atoms with van der Waals surface area (Å²) in [4.78, 5) is 34.7. The Morgan fingerprint density at radius 1 is 1.04 bits per heavy atom. The molecule has 0 amide bonds. The molecule has 0 radical (unpaired) electrons. The molecule has 3 N–H and O–H groups in total. The standard InChI is InChI=1S/C18H20O10/c1-9(19)26-16-14(23)8-25-18(17(16)27-10(2)20)28-15(24)6-4-11-3-5-12(21)13(22)7-11/h3-7,14,16-18,21-23H,8H2,1-2H3/b6-4+/t14-,16+,17-,18+/m1/s1. The number of rotatable bonds is 5. The smallest absolute Gasteiger partial charge is 0.333 e. The number of hydrogen-bond acceptors (Lipinski definition) is 10. The molecule has 1 aliphatic rings. The van der Waals surface area contributed by atoms with Crippen molar-refractivity contribution < 1.29 is 48.7 Å². The van der Waals surface area contributed by atoms with Gasteiger partial charge in [0.15, 0.2) is 17.6 Å². The normalized spacial score (nSPS) is 24.5. The zero-order valence-corrected chi connectivity index (χ0v) is 15.1. The van der Waals surface area contributed by atoms with Gasteiger partial charge in [0, 0.05) is 19.9 Å². The number of esters is 3. The number of aromatic hydroxyl groups is 2. The van der Waals surface area contributed by atoms with Crippen LogP contribution in [0, 0.1) is 0 Å². The monoisotopic (exact) mass is 396 g/mol. The van der Waals surface area contributed by atoms with E-state index >= 15 is 0 Å². The molecule has 0 saturated carbocycles. The van der Waals surface area contributed by atoms with Gasteiger partial charge in [-0.1, -0.05) is 6.07 Å². The van der Waals surface area contributed by atoms with Gasteiger partial charge in [0.05, 0.1) is 6.61 Å². The van der Waals surface area contributed by atoms with Crippen LogP contribution in [0.2, 0.25) is 0 Å². The van der Waals surface area contributed by atoms with Crippen LogP contribution in [0.25, 0.3) is 6.08 Å². The van der Waals surface area contributed by atoms with E-state index in [0.717, 1.165) is 19.9 Å². The molecule has 1 aromatic rings. The minimum atomic E-state index is -1.41. The number of aliphatic hydroxyl groups is 1. The second-order valence-corrected chi connectivity index (χ2v) is 5.94. The third-order valence-electron chi connectivity index (χ3n) is 3.65. The fourth-order valence-corrected chi connectivity index (χ4v) is 2.47. The highest BCUT2D eigenvalue weighted by atomic mass is 16.7. The Hall–Kier alpha value is -3.11. The van der Waals surface area contributed by atoms with Gasteiger partial charge in [-0.25, -0.2) is 4.79 Å². The average molecular weight is 396 g/mol. The molecular formula is C18H20O10. The van der Waals surface area contributed by atoms with E-state index in [-0.39, 0.29) is 18.1 Å². The van der Waals surface area contributed by atoms with Crippen LogP contribution in [-0.4, -0.2) is 64.4 Å². The Labute approximate surface area is 159 Å². The first-order valence-corrected chi connectivity index (χ1v) is 8.22. The van der Waals surface area contributed by atoms with Crippen molar-refractivity contribution >= 4 is 24.0 Å². The SMILES string of the molecule is CC(=O)O[C@@H]1[C@@H](OC(C)=O)[C@H](OC(=O)/C=C/c2ccc(O)c(O)c2)OC[C@H]1O. The van der Waals surface area contributed by atoms with Crippen LogP contribution in [0.1, 0.15) is 19.4 Å². The van der Waals surface area contributed by atoms with E-state index in [1.54, 1.807) is 0 Å². The summed E-state index contributed by atoms with van der Waals surface area (Å²) in [6.07, 6.45) is -3.00. The van der Waals surface area contributed by atoms with Gasteiger partial charge >= 0.3 is 17.9 Å². The number of carbonyl (C=O) groups excluding carboxylic acids is 3. The molecule has 0 aromatic heterocycles. The highest BCUT2D eigenvalue weighted by Crippen LogP contribution is 2.26. The quantitative estimate of drug-likeness (QED) is 0.273. The van der Waals surface area contributed by atoms with E-state index in [4.69, 9.17) is 18.9 Å². The summed E-state index contributed by atoms with van der Waals surface area (Å²) < 4.78 is 20.3. The summed E-state index contributed by atoms with van der Waals surface area (Å²) in [5.74, 6) is -3.03. The maximum absolute atomic E-state index is 12.1. The Morgan fingerprint density at radius 3 is 2.29 bits per heavy atom. The lowest BCUT2D eigenvalue weighted by atomic mass is 10.0. The number of phenols is 2. The summed E-state index contributed by atoms with van der Waals surface area (Å²) in [5, 5.41) is 28.7. The minimum absolute atomic E-state index is 0.311. The Balaban J connectivity index is 2.10. The molecule has 0 aliphatic carbocycles. The fraction of sp³-hybridized carbons (Fsp3) is 0.389. The molecule has 1 fully saturated rings. The molecule has 1 aromatic carbocycles. The Morgan fingerprint density at radius 2 is 1.68 bits per heavy atom. The lowest BCUT2D eigenvalue weighted by Gasteiger charge is -2.38. The van der Waals surface area contributed by atoms with E-state index in [0.29, 0.717) is 5.56 Å². The molecule has 1 saturated heterocycles. The topological polar surface area (TPSA) is 149 Å². The van der Waals surface area contributed by atoms with E-state index in [2.05, 4.69) is 0 Å². The van der Waals surface area contributed by atoms with Gasteiger partial charge in [-0.3, -0.25) is 9.59 Å². The Bertz CT molecular complexity index is 772. The number of ether oxygens (including phenoxy) is 4. The first-order valence-electron chi connectivity index (χ1n) is 8.22. The maximum Gasteiger partial charge on any atom is 0.333 e.